The quantitative estimate of drug-likeness (QED) is 0.0302. The summed E-state index contributed by atoms with van der Waals surface area (Å²) in [6, 6.07) is 73.0. The monoisotopic (exact) mass is 1440 g/mol. The van der Waals surface area contributed by atoms with E-state index in [0.29, 0.717) is 105 Å². The molecule has 6 heterocycles. The first-order valence-corrected chi connectivity index (χ1v) is 34.7. The van der Waals surface area contributed by atoms with E-state index in [1.54, 1.807) is 0 Å². The molecule has 3 aliphatic heterocycles. The molecule has 0 fully saturated rings. The Morgan fingerprint density at radius 1 is 0.352 bits per heavy atom. The average molecular weight is 1440 g/mol. The number of nitrogens with two attached hydrogens (primary N) is 3. The Hall–Kier alpha value is -14.6. The van der Waals surface area contributed by atoms with Crippen molar-refractivity contribution in [3.05, 3.63) is 308 Å². The third-order valence-corrected chi connectivity index (χ3v) is 18.0. The highest BCUT2D eigenvalue weighted by Gasteiger charge is 2.34. The number of primary amides is 3. The SMILES string of the molecule is C=CC(=O)Nc1cccc(C2CCNc3c(C(N)=O)c(-c4ccc(Oc5ccccc5)cc4)nn32)c1.C=CC(=O)Nc1cccc(C2CCNc3c(C(N)=O)c(-c4ccc(Oc5ccccc5)cc4)nn32)c1.C=CC(=O)Nc1cccc(C2CCNc3c(C(N)=O)c(-c4ccc(Oc5ccccc5)cc4)nn32)c1. The highest BCUT2D eigenvalue weighted by atomic mass is 16.5. The van der Waals surface area contributed by atoms with E-state index < -0.39 is 17.7 Å². The van der Waals surface area contributed by atoms with Crippen molar-refractivity contribution >= 4 is 70.0 Å². The van der Waals surface area contributed by atoms with E-state index in [2.05, 4.69) is 51.6 Å². The molecule has 0 spiro atoms. The predicted octanol–water partition coefficient (Wildman–Crippen LogP) is 14.9. The molecule has 0 aliphatic carbocycles. The largest absolute Gasteiger partial charge is 0.457 e. The van der Waals surface area contributed by atoms with Gasteiger partial charge in [-0.05, 0) is 200 Å². The van der Waals surface area contributed by atoms with E-state index in [1.165, 1.54) is 18.2 Å². The number of carbonyl (C=O) groups is 6. The molecule has 540 valence electrons. The maximum atomic E-state index is 12.5. The fraction of sp³-hybridized carbons (Fsp3) is 0.107. The first-order chi connectivity index (χ1) is 52.6. The van der Waals surface area contributed by atoms with Gasteiger partial charge in [0.25, 0.3) is 17.7 Å². The van der Waals surface area contributed by atoms with E-state index in [0.717, 1.165) is 69.9 Å². The molecule has 108 heavy (non-hydrogen) atoms. The van der Waals surface area contributed by atoms with Crippen LogP contribution in [0.1, 0.15) is 85.2 Å². The molecule has 0 bridgehead atoms. The second-order valence-electron chi connectivity index (χ2n) is 25.1. The molecular formula is C84H75N15O9. The smallest absolute Gasteiger partial charge is 0.254 e. The molecule has 6 amide bonds. The summed E-state index contributed by atoms with van der Waals surface area (Å²) >= 11 is 0. The number of carbonyl (C=O) groups excluding carboxylic acids is 6. The minimum Gasteiger partial charge on any atom is -0.457 e. The molecule has 3 aliphatic rings. The van der Waals surface area contributed by atoms with Crippen LogP contribution in [0.5, 0.6) is 34.5 Å². The highest BCUT2D eigenvalue weighted by Crippen LogP contribution is 2.42. The Balaban J connectivity index is 0.000000143. The molecule has 3 atom stereocenters. The normalized spacial score (nSPS) is 14.3. The lowest BCUT2D eigenvalue weighted by Gasteiger charge is -2.26. The number of nitrogens with zero attached hydrogens (tertiary/aromatic N) is 6. The van der Waals surface area contributed by atoms with Crippen LogP contribution in [0.15, 0.2) is 275 Å². The van der Waals surface area contributed by atoms with Gasteiger partial charge in [-0.1, -0.05) is 111 Å². The maximum Gasteiger partial charge on any atom is 0.254 e. The molecule has 0 saturated carbocycles. The molecule has 12 aromatic rings. The van der Waals surface area contributed by atoms with Gasteiger partial charge in [0.2, 0.25) is 17.7 Å². The van der Waals surface area contributed by atoms with Crippen LogP contribution in [-0.4, -0.2) is 84.4 Å². The van der Waals surface area contributed by atoms with Crippen LogP contribution >= 0.6 is 0 Å². The van der Waals surface area contributed by atoms with Gasteiger partial charge in [-0.15, -0.1) is 0 Å². The van der Waals surface area contributed by atoms with Gasteiger partial charge in [0.1, 0.15) is 85.7 Å². The van der Waals surface area contributed by atoms with E-state index >= 15 is 0 Å². The summed E-state index contributed by atoms with van der Waals surface area (Å²) in [6.07, 6.45) is 5.91. The second-order valence-corrected chi connectivity index (χ2v) is 25.1. The Morgan fingerprint density at radius 2 is 0.602 bits per heavy atom. The van der Waals surface area contributed by atoms with Gasteiger partial charge in [0.05, 0.1) is 18.1 Å². The molecule has 3 unspecified atom stereocenters. The number of ether oxygens (including phenoxy) is 3. The van der Waals surface area contributed by atoms with E-state index in [9.17, 15) is 28.8 Å². The third kappa shape index (κ3) is 16.4. The number of hydrogen-bond acceptors (Lipinski definition) is 15. The lowest BCUT2D eigenvalue weighted by Crippen LogP contribution is -2.26. The van der Waals surface area contributed by atoms with E-state index in [1.807, 2.05) is 251 Å². The van der Waals surface area contributed by atoms with Crippen molar-refractivity contribution in [3.63, 3.8) is 0 Å². The Bertz CT molecular complexity index is 4810. The maximum absolute atomic E-state index is 12.5. The lowest BCUT2D eigenvalue weighted by molar-refractivity contribution is -0.112. The van der Waals surface area contributed by atoms with Gasteiger partial charge in [-0.25, -0.2) is 14.0 Å². The Morgan fingerprint density at radius 3 is 0.843 bits per heavy atom. The van der Waals surface area contributed by atoms with Crippen molar-refractivity contribution in [1.82, 2.24) is 29.3 Å². The summed E-state index contributed by atoms with van der Waals surface area (Å²) in [7, 11) is 0. The van der Waals surface area contributed by atoms with Crippen molar-refractivity contribution < 1.29 is 43.0 Å². The van der Waals surface area contributed by atoms with Crippen LogP contribution in [0.2, 0.25) is 0 Å². The fourth-order valence-electron chi connectivity index (χ4n) is 13.0. The van der Waals surface area contributed by atoms with Gasteiger partial charge in [0, 0.05) is 53.4 Å². The molecule has 12 N–H and O–H groups in total. The number of benzene rings is 9. The molecular weight excluding hydrogens is 1360 g/mol. The van der Waals surface area contributed by atoms with Crippen LogP contribution < -0.4 is 63.3 Å². The Labute approximate surface area is 621 Å². The second kappa shape index (κ2) is 32.8. The topological polar surface area (TPSA) is 334 Å². The number of para-hydroxylation sites is 3. The van der Waals surface area contributed by atoms with Crippen molar-refractivity contribution in [2.75, 3.05) is 51.5 Å². The number of aromatic nitrogens is 6. The first kappa shape index (κ1) is 71.8. The van der Waals surface area contributed by atoms with Gasteiger partial charge in [-0.2, -0.15) is 15.3 Å². The standard InChI is InChI=1S/3C28H25N5O3/c3*1-2-24(34)31-20-8-6-7-19(17-20)23-15-16-30-28-25(27(29)35)26(32-33(23)28)18-11-13-22(14-12-18)36-21-9-4-3-5-10-21/h3*2-14,17,23,30H,1,15-16H2,(H2,29,35)(H,31,34). The predicted molar refractivity (Wildman–Crippen MR) is 418 cm³/mol. The summed E-state index contributed by atoms with van der Waals surface area (Å²) in [5.41, 5.74) is 27.1. The van der Waals surface area contributed by atoms with Crippen LogP contribution in [0.25, 0.3) is 33.8 Å². The summed E-state index contributed by atoms with van der Waals surface area (Å²) < 4.78 is 23.1. The molecule has 15 rings (SSSR count). The summed E-state index contributed by atoms with van der Waals surface area (Å²) in [4.78, 5) is 72.9. The third-order valence-electron chi connectivity index (χ3n) is 18.0. The zero-order chi connectivity index (χ0) is 75.2. The van der Waals surface area contributed by atoms with Crippen molar-refractivity contribution in [1.29, 1.82) is 0 Å². The van der Waals surface area contributed by atoms with Crippen molar-refractivity contribution in [2.24, 2.45) is 17.2 Å². The number of anilines is 6. The van der Waals surface area contributed by atoms with Gasteiger partial charge in [-0.3, -0.25) is 28.8 Å². The minimum atomic E-state index is -0.559. The average Bonchev–Trinajstić information content (AvgIpc) is 1.62. The van der Waals surface area contributed by atoms with Gasteiger partial charge < -0.3 is 63.3 Å². The number of fused-ring (bicyclic) bond motifs is 3. The summed E-state index contributed by atoms with van der Waals surface area (Å²) in [5.74, 6) is 3.44. The number of rotatable bonds is 21. The van der Waals surface area contributed by atoms with E-state index in [4.69, 9.17) is 46.7 Å². The summed E-state index contributed by atoms with van der Waals surface area (Å²) in [6.45, 7) is 12.4. The number of amides is 6. The molecule has 24 heteroatoms. The number of nitrogens with one attached hydrogen (secondary N) is 6. The first-order valence-electron chi connectivity index (χ1n) is 34.7. The highest BCUT2D eigenvalue weighted by molar-refractivity contribution is 6.06. The zero-order valence-electron chi connectivity index (χ0n) is 58.4. The molecule has 24 nitrogen and oxygen atoms in total. The molecule has 0 saturated heterocycles. The number of hydrogen-bond donors (Lipinski definition) is 9. The Kier molecular flexibility index (Phi) is 21.8. The fourth-order valence-corrected chi connectivity index (χ4v) is 13.0. The zero-order valence-corrected chi connectivity index (χ0v) is 58.4. The van der Waals surface area contributed by atoms with Gasteiger partial charge in [0.15, 0.2) is 0 Å². The molecule has 0 radical (unpaired) electrons. The van der Waals surface area contributed by atoms with Crippen LogP contribution in [0, 0.1) is 0 Å². The lowest BCUT2D eigenvalue weighted by atomic mass is 10.0. The van der Waals surface area contributed by atoms with Crippen LogP contribution in [-0.2, 0) is 14.4 Å². The molecule has 9 aromatic carbocycles. The van der Waals surface area contributed by atoms with Crippen molar-refractivity contribution in [2.45, 2.75) is 37.4 Å². The van der Waals surface area contributed by atoms with Crippen LogP contribution in [0.4, 0.5) is 34.5 Å². The van der Waals surface area contributed by atoms with Gasteiger partial charge >= 0.3 is 0 Å². The van der Waals surface area contributed by atoms with E-state index in [-0.39, 0.29) is 35.8 Å². The van der Waals surface area contributed by atoms with Crippen molar-refractivity contribution in [3.8, 4) is 68.3 Å². The van der Waals surface area contributed by atoms with Crippen LogP contribution in [0.3, 0.4) is 0 Å². The minimum absolute atomic E-state index is 0.144. The summed E-state index contributed by atoms with van der Waals surface area (Å²) in [5, 5.41) is 32.7. The molecule has 3 aromatic heterocycles.